The molecule has 0 fully saturated rings. The zero-order chi connectivity index (χ0) is 34.8. The minimum Gasteiger partial charge on any atom is -0.486 e. The van der Waals surface area contributed by atoms with Gasteiger partial charge in [-0.25, -0.2) is 4.99 Å². The van der Waals surface area contributed by atoms with Crippen molar-refractivity contribution in [2.45, 2.75) is 0 Å². The summed E-state index contributed by atoms with van der Waals surface area (Å²) in [7, 11) is 1.26. The van der Waals surface area contributed by atoms with Crippen LogP contribution in [0.4, 0.5) is 56.9 Å². The molecule has 0 amide bonds. The van der Waals surface area contributed by atoms with E-state index in [2.05, 4.69) is 57.3 Å². The lowest BCUT2D eigenvalue weighted by molar-refractivity contribution is -0.394. The molecule has 246 valence electrons. The van der Waals surface area contributed by atoms with E-state index < -0.39 is 48.1 Å². The SMILES string of the molecule is COC=Nc1c(N=Nc2c(Br)cc([N+](=O)[O-])cc2[N+](=O)[O-])ccc(N(CCO)CCO)c1N=Nc1c(Br)cc([N+](=O)[O-])cc1[N+](=O)[O-]. The summed E-state index contributed by atoms with van der Waals surface area (Å²) in [6, 6.07) is 6.10. The molecule has 47 heavy (non-hydrogen) atoms. The van der Waals surface area contributed by atoms with Gasteiger partial charge in [0.05, 0.1) is 66.8 Å². The lowest BCUT2D eigenvalue weighted by Crippen LogP contribution is -2.29. The molecule has 0 saturated heterocycles. The third-order valence-electron chi connectivity index (χ3n) is 5.86. The molecule has 21 nitrogen and oxygen atoms in total. The Hall–Kier alpha value is -5.39. The van der Waals surface area contributed by atoms with Gasteiger partial charge in [-0.05, 0) is 44.0 Å². The minimum absolute atomic E-state index is 0.0410. The topological polar surface area (TPSA) is 287 Å². The minimum atomic E-state index is -0.902. The molecule has 0 unspecified atom stereocenters. The molecule has 0 aliphatic rings. The molecular weight excluding hydrogens is 764 g/mol. The first-order chi connectivity index (χ1) is 22.3. The van der Waals surface area contributed by atoms with E-state index in [1.54, 1.807) is 0 Å². The summed E-state index contributed by atoms with van der Waals surface area (Å²) < 4.78 is 4.65. The molecule has 0 saturated carbocycles. The Morgan fingerprint density at radius 2 is 1.19 bits per heavy atom. The van der Waals surface area contributed by atoms with Crippen LogP contribution in [0.15, 0.2) is 70.8 Å². The normalized spacial score (nSPS) is 11.4. The van der Waals surface area contributed by atoms with Crippen LogP contribution in [0.5, 0.6) is 0 Å². The molecule has 0 heterocycles. The highest BCUT2D eigenvalue weighted by molar-refractivity contribution is 9.11. The van der Waals surface area contributed by atoms with Crippen molar-refractivity contribution in [2.75, 3.05) is 38.3 Å². The molecule has 0 atom stereocenters. The largest absolute Gasteiger partial charge is 0.486 e. The van der Waals surface area contributed by atoms with Gasteiger partial charge in [-0.2, -0.15) is 0 Å². The fourth-order valence-corrected chi connectivity index (χ4v) is 4.89. The summed E-state index contributed by atoms with van der Waals surface area (Å²) in [6.45, 7) is -0.848. The molecule has 0 bridgehead atoms. The first kappa shape index (κ1) is 36.1. The number of benzene rings is 3. The first-order valence-electron chi connectivity index (χ1n) is 12.6. The van der Waals surface area contributed by atoms with Gasteiger partial charge in [0, 0.05) is 25.2 Å². The Bertz CT molecular complexity index is 1810. The van der Waals surface area contributed by atoms with Crippen molar-refractivity contribution in [3.8, 4) is 0 Å². The van der Waals surface area contributed by atoms with Gasteiger partial charge in [-0.3, -0.25) is 40.5 Å². The summed E-state index contributed by atoms with van der Waals surface area (Å²) >= 11 is 6.08. The van der Waals surface area contributed by atoms with Crippen LogP contribution >= 0.6 is 31.9 Å². The van der Waals surface area contributed by atoms with E-state index >= 15 is 0 Å². The maximum Gasteiger partial charge on any atom is 0.304 e. The van der Waals surface area contributed by atoms with Crippen LogP contribution in [-0.2, 0) is 4.74 Å². The van der Waals surface area contributed by atoms with Crippen LogP contribution in [0.3, 0.4) is 0 Å². The summed E-state index contributed by atoms with van der Waals surface area (Å²) in [5.41, 5.74) is -3.80. The van der Waals surface area contributed by atoms with Crippen LogP contribution in [0.25, 0.3) is 0 Å². The number of aliphatic hydroxyl groups is 2. The fourth-order valence-electron chi connectivity index (χ4n) is 3.85. The smallest absolute Gasteiger partial charge is 0.304 e. The monoisotopic (exact) mass is 782 g/mol. The third-order valence-corrected chi connectivity index (χ3v) is 7.06. The third kappa shape index (κ3) is 8.66. The molecule has 23 heteroatoms. The molecule has 0 aliphatic carbocycles. The van der Waals surface area contributed by atoms with Crippen molar-refractivity contribution in [2.24, 2.45) is 25.4 Å². The van der Waals surface area contributed by atoms with Crippen LogP contribution < -0.4 is 4.90 Å². The number of methoxy groups -OCH3 is 1. The highest BCUT2D eigenvalue weighted by Crippen LogP contribution is 2.48. The maximum absolute atomic E-state index is 11.8. The zero-order valence-electron chi connectivity index (χ0n) is 23.7. The first-order valence-corrected chi connectivity index (χ1v) is 14.2. The fraction of sp³-hybridized carbons (Fsp3) is 0.208. The van der Waals surface area contributed by atoms with Gasteiger partial charge in [0.2, 0.25) is 0 Å². The number of anilines is 1. The van der Waals surface area contributed by atoms with Gasteiger partial charge in [0.25, 0.3) is 11.4 Å². The van der Waals surface area contributed by atoms with Gasteiger partial charge >= 0.3 is 11.4 Å². The van der Waals surface area contributed by atoms with E-state index in [0.29, 0.717) is 12.1 Å². The molecule has 0 aliphatic heterocycles. The molecule has 0 radical (unpaired) electrons. The number of non-ortho nitro benzene ring substituents is 2. The maximum atomic E-state index is 11.8. The van der Waals surface area contributed by atoms with Crippen molar-refractivity contribution in [3.63, 3.8) is 0 Å². The quantitative estimate of drug-likeness (QED) is 0.0530. The highest BCUT2D eigenvalue weighted by atomic mass is 79.9. The summed E-state index contributed by atoms with van der Waals surface area (Å²) in [6.07, 6.45) is 0.952. The molecule has 3 aromatic carbocycles. The second kappa shape index (κ2) is 16.3. The molecule has 3 aromatic rings. The van der Waals surface area contributed by atoms with Gasteiger partial charge in [-0.1, -0.05) is 0 Å². The number of aliphatic hydroxyl groups excluding tert-OH is 2. The average Bonchev–Trinajstić information content (AvgIpc) is 3.01. The van der Waals surface area contributed by atoms with Crippen LogP contribution in [-0.4, -0.2) is 69.7 Å². The number of hydrogen-bond acceptors (Lipinski definition) is 17. The highest BCUT2D eigenvalue weighted by Gasteiger charge is 2.26. The summed E-state index contributed by atoms with van der Waals surface area (Å²) in [4.78, 5) is 48.2. The Labute approximate surface area is 278 Å². The van der Waals surface area contributed by atoms with Crippen molar-refractivity contribution in [3.05, 3.63) is 85.8 Å². The molecule has 0 spiro atoms. The summed E-state index contributed by atoms with van der Waals surface area (Å²) in [5.74, 6) is 0. The molecule has 3 rings (SSSR count). The summed E-state index contributed by atoms with van der Waals surface area (Å²) in [5, 5.41) is 81.4. The van der Waals surface area contributed by atoms with Gasteiger partial charge in [-0.15, -0.1) is 20.5 Å². The Morgan fingerprint density at radius 1 is 0.723 bits per heavy atom. The van der Waals surface area contributed by atoms with E-state index in [1.165, 1.54) is 24.1 Å². The van der Waals surface area contributed by atoms with Crippen molar-refractivity contribution in [1.29, 1.82) is 0 Å². The number of ether oxygens (including phenoxy) is 1. The Morgan fingerprint density at radius 3 is 1.62 bits per heavy atom. The Kier molecular flexibility index (Phi) is 12.5. The number of nitro groups is 4. The number of azo groups is 2. The van der Waals surface area contributed by atoms with Gasteiger partial charge in [0.15, 0.2) is 17.8 Å². The van der Waals surface area contributed by atoms with E-state index in [0.717, 1.165) is 18.5 Å². The number of rotatable bonds is 15. The second-order valence-electron chi connectivity index (χ2n) is 8.72. The van der Waals surface area contributed by atoms with E-state index in [-0.39, 0.29) is 63.7 Å². The van der Waals surface area contributed by atoms with Crippen molar-refractivity contribution in [1.82, 2.24) is 0 Å². The standard InChI is InChI=1S/C24H20Br2N10O11/c1-47-12-27-23-17(28-29-21-15(25)8-13(33(39)40)10-19(21)35(43)44)2-3-18(32(4-6-37)5-7-38)24(23)31-30-22-16(26)9-14(34(41)42)11-20(22)36(45)46/h2-3,8-12,37-38H,4-7H2,1H3. The zero-order valence-corrected chi connectivity index (χ0v) is 26.8. The van der Waals surface area contributed by atoms with E-state index in [4.69, 9.17) is 4.74 Å². The van der Waals surface area contributed by atoms with Crippen molar-refractivity contribution >= 4 is 95.1 Å². The van der Waals surface area contributed by atoms with E-state index in [9.17, 15) is 50.7 Å². The van der Waals surface area contributed by atoms with Crippen LogP contribution in [0.1, 0.15) is 0 Å². The lowest BCUT2D eigenvalue weighted by Gasteiger charge is -2.25. The lowest BCUT2D eigenvalue weighted by atomic mass is 10.1. The number of halogens is 2. The number of nitrogens with zero attached hydrogens (tertiary/aromatic N) is 10. The second-order valence-corrected chi connectivity index (χ2v) is 10.4. The van der Waals surface area contributed by atoms with Gasteiger partial charge < -0.3 is 19.8 Å². The Balaban J connectivity index is 2.36. The molecule has 2 N–H and O–H groups in total. The van der Waals surface area contributed by atoms with Crippen molar-refractivity contribution < 1.29 is 34.6 Å². The van der Waals surface area contributed by atoms with Gasteiger partial charge in [0.1, 0.15) is 17.1 Å². The van der Waals surface area contributed by atoms with Crippen LogP contribution in [0.2, 0.25) is 0 Å². The number of aliphatic imine (C=N–C) groups is 1. The number of nitro benzene ring substituents is 4. The predicted octanol–water partition coefficient (Wildman–Crippen LogP) is 6.77. The molecule has 0 aromatic heterocycles. The van der Waals surface area contributed by atoms with E-state index in [1.807, 2.05) is 0 Å². The van der Waals surface area contributed by atoms with Crippen LogP contribution in [0, 0.1) is 40.5 Å². The average molecular weight is 784 g/mol. The number of hydrogen-bond donors (Lipinski definition) is 2. The predicted molar refractivity (Wildman–Crippen MR) is 171 cm³/mol. The molecular formula is C24H20Br2N10O11.